The van der Waals surface area contributed by atoms with Crippen LogP contribution >= 0.6 is 15.9 Å². The van der Waals surface area contributed by atoms with Gasteiger partial charge in [0.2, 0.25) is 0 Å². The molecule has 2 nitrogen and oxygen atoms in total. The van der Waals surface area contributed by atoms with Crippen LogP contribution in [0.25, 0.3) is 0 Å². The van der Waals surface area contributed by atoms with E-state index in [4.69, 9.17) is 9.47 Å². The van der Waals surface area contributed by atoms with Crippen LogP contribution in [0.3, 0.4) is 0 Å². The van der Waals surface area contributed by atoms with E-state index in [0.717, 1.165) is 12.8 Å². The van der Waals surface area contributed by atoms with E-state index < -0.39 is 13.9 Å². The smallest absolute Gasteiger partial charge is 0.165 e. The van der Waals surface area contributed by atoms with Gasteiger partial charge in [-0.3, -0.25) is 0 Å². The summed E-state index contributed by atoms with van der Waals surface area (Å²) < 4.78 is 13.5. The van der Waals surface area contributed by atoms with Crippen molar-refractivity contribution >= 4 is 24.0 Å². The molecule has 2 atom stereocenters. The van der Waals surface area contributed by atoms with E-state index in [9.17, 15) is 0 Å². The zero-order valence-electron chi connectivity index (χ0n) is 13.2. The molecular weight excluding hydrogens is 332 g/mol. The number of hydrogen-bond acceptors (Lipinski definition) is 2. The fraction of sp³-hybridized carbons (Fsp3) is 0.750. The highest BCUT2D eigenvalue weighted by Crippen LogP contribution is 2.39. The lowest BCUT2D eigenvalue weighted by atomic mass is 9.93. The van der Waals surface area contributed by atoms with Crippen LogP contribution in [0.2, 0.25) is 19.6 Å². The maximum Gasteiger partial charge on any atom is 0.165 e. The lowest BCUT2D eigenvalue weighted by Crippen LogP contribution is -2.26. The number of ether oxygens (including phenoxy) is 2. The molecular formula is C16H25BrO2Si. The van der Waals surface area contributed by atoms with Gasteiger partial charge in [-0.1, -0.05) is 41.5 Å². The van der Waals surface area contributed by atoms with E-state index in [1.165, 1.54) is 22.9 Å². The molecule has 0 aromatic rings. The Morgan fingerprint density at radius 3 is 2.40 bits per heavy atom. The van der Waals surface area contributed by atoms with Crippen molar-refractivity contribution < 1.29 is 9.47 Å². The van der Waals surface area contributed by atoms with Crippen LogP contribution in [-0.4, -0.2) is 26.1 Å². The summed E-state index contributed by atoms with van der Waals surface area (Å²) in [5.74, 6) is 2.81. The average Bonchev–Trinajstić information content (AvgIpc) is 2.62. The van der Waals surface area contributed by atoms with Crippen LogP contribution in [-0.2, 0) is 9.47 Å². The SMILES string of the molecule is CC1(C)O[C@@H](C#C[Si](C)(C)C)[C@@H](C2=C(Br)CCCC2)O1. The molecule has 2 rings (SSSR count). The Kier molecular flexibility index (Phi) is 4.86. The van der Waals surface area contributed by atoms with Gasteiger partial charge in [0.25, 0.3) is 0 Å². The van der Waals surface area contributed by atoms with Crippen LogP contribution in [0.5, 0.6) is 0 Å². The maximum atomic E-state index is 6.14. The third-order valence-corrected chi connectivity index (χ3v) is 5.27. The Balaban J connectivity index is 2.26. The molecule has 20 heavy (non-hydrogen) atoms. The Morgan fingerprint density at radius 1 is 1.15 bits per heavy atom. The van der Waals surface area contributed by atoms with Gasteiger partial charge in [0.05, 0.1) is 0 Å². The second-order valence-electron chi connectivity index (χ2n) is 7.13. The van der Waals surface area contributed by atoms with Crippen LogP contribution in [0, 0.1) is 11.5 Å². The van der Waals surface area contributed by atoms with Gasteiger partial charge >= 0.3 is 0 Å². The number of rotatable bonds is 1. The molecule has 1 aliphatic heterocycles. The molecule has 0 aromatic carbocycles. The van der Waals surface area contributed by atoms with Crippen molar-refractivity contribution in [3.63, 3.8) is 0 Å². The predicted octanol–water partition coefficient (Wildman–Crippen LogP) is 4.61. The first-order chi connectivity index (χ1) is 9.18. The summed E-state index contributed by atoms with van der Waals surface area (Å²) >= 11 is 3.72. The fourth-order valence-electron chi connectivity index (χ4n) is 2.60. The molecule has 1 heterocycles. The summed E-state index contributed by atoms with van der Waals surface area (Å²) in [7, 11) is -1.39. The summed E-state index contributed by atoms with van der Waals surface area (Å²) in [4.78, 5) is 0. The average molecular weight is 357 g/mol. The third-order valence-electron chi connectivity index (χ3n) is 3.47. The predicted molar refractivity (Wildman–Crippen MR) is 89.4 cm³/mol. The van der Waals surface area contributed by atoms with Gasteiger partial charge in [0, 0.05) is 0 Å². The van der Waals surface area contributed by atoms with E-state index >= 15 is 0 Å². The molecule has 0 bridgehead atoms. The lowest BCUT2D eigenvalue weighted by molar-refractivity contribution is -0.139. The second-order valence-corrected chi connectivity index (χ2v) is 12.8. The van der Waals surface area contributed by atoms with E-state index in [2.05, 4.69) is 47.0 Å². The van der Waals surface area contributed by atoms with Gasteiger partial charge in [-0.15, -0.1) is 5.54 Å². The van der Waals surface area contributed by atoms with Crippen LogP contribution in [0.15, 0.2) is 10.1 Å². The van der Waals surface area contributed by atoms with E-state index in [0.29, 0.717) is 0 Å². The lowest BCUT2D eigenvalue weighted by Gasteiger charge is -2.23. The van der Waals surface area contributed by atoms with E-state index in [1.54, 1.807) is 0 Å². The molecule has 0 unspecified atom stereocenters. The molecule has 0 N–H and O–H groups in total. The summed E-state index contributed by atoms with van der Waals surface area (Å²) in [6.45, 7) is 10.7. The highest BCUT2D eigenvalue weighted by Gasteiger charge is 2.43. The van der Waals surface area contributed by atoms with Crippen molar-refractivity contribution in [2.24, 2.45) is 0 Å². The molecule has 2 aliphatic rings. The fourth-order valence-corrected chi connectivity index (χ4v) is 3.88. The minimum Gasteiger partial charge on any atom is -0.339 e. The summed E-state index contributed by atoms with van der Waals surface area (Å²) in [5, 5.41) is 0. The molecule has 4 heteroatoms. The van der Waals surface area contributed by atoms with E-state index in [1.807, 2.05) is 13.8 Å². The van der Waals surface area contributed by atoms with Crippen molar-refractivity contribution in [3.05, 3.63) is 10.1 Å². The molecule has 0 saturated carbocycles. The van der Waals surface area contributed by atoms with Crippen molar-refractivity contribution in [1.29, 1.82) is 0 Å². The Hall–Kier alpha value is -0.0831. The van der Waals surface area contributed by atoms with Crippen molar-refractivity contribution in [3.8, 4) is 11.5 Å². The van der Waals surface area contributed by atoms with Crippen LogP contribution in [0.1, 0.15) is 39.5 Å². The highest BCUT2D eigenvalue weighted by molar-refractivity contribution is 9.11. The minimum absolute atomic E-state index is 0.0106. The number of hydrogen-bond donors (Lipinski definition) is 0. The topological polar surface area (TPSA) is 18.5 Å². The first kappa shape index (κ1) is 16.3. The van der Waals surface area contributed by atoms with Crippen molar-refractivity contribution in [1.82, 2.24) is 0 Å². The maximum absolute atomic E-state index is 6.14. The zero-order valence-corrected chi connectivity index (χ0v) is 15.8. The first-order valence-electron chi connectivity index (χ1n) is 7.44. The molecule has 0 aromatic heterocycles. The second kappa shape index (κ2) is 5.96. The summed E-state index contributed by atoms with van der Waals surface area (Å²) in [6, 6.07) is 0. The monoisotopic (exact) mass is 356 g/mol. The van der Waals surface area contributed by atoms with E-state index in [-0.39, 0.29) is 12.2 Å². The Bertz CT molecular complexity index is 465. The molecule has 1 fully saturated rings. The first-order valence-corrected chi connectivity index (χ1v) is 11.7. The minimum atomic E-state index is -1.39. The van der Waals surface area contributed by atoms with Crippen molar-refractivity contribution in [2.75, 3.05) is 0 Å². The van der Waals surface area contributed by atoms with Crippen LogP contribution in [0.4, 0.5) is 0 Å². The molecule has 1 saturated heterocycles. The normalized spacial score (nSPS) is 30.1. The van der Waals surface area contributed by atoms with Crippen molar-refractivity contribution in [2.45, 2.75) is 77.2 Å². The van der Waals surface area contributed by atoms with Gasteiger partial charge < -0.3 is 9.47 Å². The number of halogens is 1. The third kappa shape index (κ3) is 4.21. The van der Waals surface area contributed by atoms with Gasteiger partial charge in [0.15, 0.2) is 11.9 Å². The summed E-state index contributed by atoms with van der Waals surface area (Å²) in [5.41, 5.74) is 4.79. The molecule has 0 amide bonds. The standard InChI is InChI=1S/C16H25BrO2Si/c1-16(2)18-14(10-11-20(3,4)5)15(19-16)12-8-6-7-9-13(12)17/h14-15H,6-9H2,1-5H3/t14-,15+/m0/s1. The quantitative estimate of drug-likeness (QED) is 0.504. The Morgan fingerprint density at radius 2 is 1.80 bits per heavy atom. The van der Waals surface area contributed by atoms with Crippen LogP contribution < -0.4 is 0 Å². The molecule has 1 aliphatic carbocycles. The van der Waals surface area contributed by atoms with Gasteiger partial charge in [-0.05, 0) is 49.6 Å². The molecule has 0 spiro atoms. The highest BCUT2D eigenvalue weighted by atomic mass is 79.9. The molecule has 0 radical (unpaired) electrons. The zero-order chi connectivity index (χ0) is 15.0. The summed E-state index contributed by atoms with van der Waals surface area (Å²) in [6.07, 6.45) is 4.56. The molecule has 112 valence electrons. The van der Waals surface area contributed by atoms with Gasteiger partial charge in [-0.2, -0.15) is 0 Å². The largest absolute Gasteiger partial charge is 0.339 e. The Labute approximate surface area is 132 Å². The number of allylic oxidation sites excluding steroid dienone is 1. The van der Waals surface area contributed by atoms with Gasteiger partial charge in [-0.25, -0.2) is 0 Å². The van der Waals surface area contributed by atoms with Gasteiger partial charge in [0.1, 0.15) is 14.2 Å².